The van der Waals surface area contributed by atoms with E-state index in [4.69, 9.17) is 0 Å². The zero-order valence-electron chi connectivity index (χ0n) is 29.8. The van der Waals surface area contributed by atoms with Gasteiger partial charge in [-0.3, -0.25) is 38.5 Å². The van der Waals surface area contributed by atoms with Crippen LogP contribution in [0.2, 0.25) is 0 Å². The second-order valence-corrected chi connectivity index (χ2v) is 14.9. The fourth-order valence-corrected chi connectivity index (χ4v) is 6.62. The minimum atomic E-state index is -1.08. The quantitative estimate of drug-likeness (QED) is 0.174. The summed E-state index contributed by atoms with van der Waals surface area (Å²) in [6.07, 6.45) is 10.9. The number of ketones is 1. The molecule has 15 nitrogen and oxygen atoms in total. The van der Waals surface area contributed by atoms with Crippen molar-refractivity contribution in [1.29, 1.82) is 0 Å². The van der Waals surface area contributed by atoms with Crippen molar-refractivity contribution < 1.29 is 33.6 Å². The van der Waals surface area contributed by atoms with Gasteiger partial charge in [-0.25, -0.2) is 4.98 Å². The van der Waals surface area contributed by atoms with Gasteiger partial charge in [0.25, 0.3) is 11.8 Å². The Morgan fingerprint density at radius 1 is 0.880 bits per heavy atom. The second-order valence-electron chi connectivity index (χ2n) is 14.9. The Balaban J connectivity index is 1.50. The van der Waals surface area contributed by atoms with Crippen LogP contribution >= 0.6 is 0 Å². The van der Waals surface area contributed by atoms with Gasteiger partial charge in [0.05, 0.1) is 24.2 Å². The predicted molar refractivity (Wildman–Crippen MR) is 182 cm³/mol. The molecule has 1 saturated heterocycles. The lowest BCUT2D eigenvalue weighted by atomic mass is 9.82. The Morgan fingerprint density at radius 2 is 1.58 bits per heavy atom. The summed E-state index contributed by atoms with van der Waals surface area (Å²) < 4.78 is 0. The summed E-state index contributed by atoms with van der Waals surface area (Å²) in [5.41, 5.74) is -0.728. The van der Waals surface area contributed by atoms with Gasteiger partial charge in [0.1, 0.15) is 17.8 Å². The molecule has 4 rings (SSSR count). The molecule has 5 atom stereocenters. The van der Waals surface area contributed by atoms with Crippen LogP contribution < -0.4 is 26.6 Å². The molecule has 2 aliphatic carbocycles. The highest BCUT2D eigenvalue weighted by Crippen LogP contribution is 2.28. The molecule has 3 aliphatic rings. The van der Waals surface area contributed by atoms with Crippen LogP contribution in [0.1, 0.15) is 103 Å². The van der Waals surface area contributed by atoms with Crippen LogP contribution in [0.4, 0.5) is 0 Å². The standard InChI is InChI=1S/C35H52N8O7/c1-6-10-24(28(45)33(49)38-22-13-14-22)39-30(46)23-18-43(20(2)44)19-26(23)40-34(50)29(35(3,4)5)42-32(48)27(21-11-8-7-9-12-21)41-31(47)25-17-36-15-16-37-25/h15-17,21-24,26-27,29H,6-14,18-19H2,1-5H3,(H,38,49)(H,39,46)(H,40,50)(H,41,47)(H,42,48)/t23-,24?,26+,27+,29-/m1/s1. The average Bonchev–Trinajstić information content (AvgIpc) is 3.80. The maximum atomic E-state index is 14.0. The zero-order chi connectivity index (χ0) is 36.6. The first-order chi connectivity index (χ1) is 23.7. The van der Waals surface area contributed by atoms with Gasteiger partial charge in [-0.2, -0.15) is 0 Å². The molecular weight excluding hydrogens is 644 g/mol. The third kappa shape index (κ3) is 10.3. The number of carbonyl (C=O) groups is 7. The molecule has 6 amide bonds. The van der Waals surface area contributed by atoms with Crippen molar-refractivity contribution in [3.8, 4) is 0 Å². The van der Waals surface area contributed by atoms with Crippen molar-refractivity contribution in [2.24, 2.45) is 17.3 Å². The number of rotatable bonds is 14. The van der Waals surface area contributed by atoms with Gasteiger partial charge in [-0.1, -0.05) is 53.4 Å². The van der Waals surface area contributed by atoms with Crippen molar-refractivity contribution in [3.63, 3.8) is 0 Å². The largest absolute Gasteiger partial charge is 0.349 e. The van der Waals surface area contributed by atoms with E-state index >= 15 is 0 Å². The molecule has 15 heteroatoms. The number of Topliss-reactive ketones (excluding diaryl/α,β-unsaturated/α-hetero) is 1. The van der Waals surface area contributed by atoms with Gasteiger partial charge in [-0.15, -0.1) is 0 Å². The number of hydrogen-bond donors (Lipinski definition) is 5. The number of amides is 6. The molecule has 2 saturated carbocycles. The van der Waals surface area contributed by atoms with E-state index in [0.29, 0.717) is 6.42 Å². The van der Waals surface area contributed by atoms with E-state index in [2.05, 4.69) is 36.6 Å². The summed E-state index contributed by atoms with van der Waals surface area (Å²) in [6, 6.07) is -3.91. The Hall–Kier alpha value is -4.43. The molecule has 5 N–H and O–H groups in total. The number of nitrogens with one attached hydrogen (secondary N) is 5. The van der Waals surface area contributed by atoms with Gasteiger partial charge >= 0.3 is 0 Å². The first-order valence-corrected chi connectivity index (χ1v) is 17.8. The molecule has 0 spiro atoms. The Labute approximate surface area is 293 Å². The number of nitrogens with zero attached hydrogens (tertiary/aromatic N) is 3. The number of hydrogen-bond acceptors (Lipinski definition) is 9. The summed E-state index contributed by atoms with van der Waals surface area (Å²) in [7, 11) is 0. The molecule has 0 bridgehead atoms. The first-order valence-electron chi connectivity index (χ1n) is 17.8. The van der Waals surface area contributed by atoms with Crippen molar-refractivity contribution >= 4 is 41.2 Å². The topological polar surface area (TPSA) is 209 Å². The molecule has 1 unspecified atom stereocenters. The van der Waals surface area contributed by atoms with Crippen LogP contribution in [0.25, 0.3) is 0 Å². The van der Waals surface area contributed by atoms with Crippen molar-refractivity contribution in [2.75, 3.05) is 13.1 Å². The molecule has 3 fully saturated rings. The zero-order valence-corrected chi connectivity index (χ0v) is 29.8. The molecule has 2 heterocycles. The van der Waals surface area contributed by atoms with E-state index in [-0.39, 0.29) is 43.1 Å². The lowest BCUT2D eigenvalue weighted by molar-refractivity contribution is -0.140. The van der Waals surface area contributed by atoms with Crippen LogP contribution in [-0.2, 0) is 28.8 Å². The number of likely N-dealkylation sites (tertiary alicyclic amines) is 1. The van der Waals surface area contributed by atoms with Crippen LogP contribution in [-0.4, -0.2) is 99.4 Å². The van der Waals surface area contributed by atoms with E-state index in [1.165, 1.54) is 30.4 Å². The van der Waals surface area contributed by atoms with Crippen LogP contribution in [0.15, 0.2) is 18.6 Å². The van der Waals surface area contributed by atoms with Gasteiger partial charge in [0, 0.05) is 38.4 Å². The number of aromatic nitrogens is 2. The predicted octanol–water partition coefficient (Wildman–Crippen LogP) is 0.782. The molecule has 1 aromatic heterocycles. The summed E-state index contributed by atoms with van der Waals surface area (Å²) in [6.45, 7) is 8.61. The third-order valence-corrected chi connectivity index (χ3v) is 9.68. The van der Waals surface area contributed by atoms with Crippen LogP contribution in [0, 0.1) is 17.3 Å². The van der Waals surface area contributed by atoms with Crippen molar-refractivity contribution in [1.82, 2.24) is 41.5 Å². The lowest BCUT2D eigenvalue weighted by Gasteiger charge is -2.35. The molecular formula is C35H52N8O7. The third-order valence-electron chi connectivity index (χ3n) is 9.68. The fourth-order valence-electron chi connectivity index (χ4n) is 6.62. The maximum Gasteiger partial charge on any atom is 0.289 e. The SMILES string of the molecule is CCCC(NC(=O)[C@@H]1CN(C(C)=O)C[C@@H]1NC(=O)[C@@H](NC(=O)[C@@H](NC(=O)c1cnccn1)C1CCCCC1)C(C)(C)C)C(=O)C(=O)NC1CC1. The average molecular weight is 697 g/mol. The van der Waals surface area contributed by atoms with E-state index in [1.54, 1.807) is 20.8 Å². The summed E-state index contributed by atoms with van der Waals surface area (Å²) in [5.74, 6) is -5.02. The van der Waals surface area contributed by atoms with E-state index in [1.807, 2.05) is 6.92 Å². The minimum Gasteiger partial charge on any atom is -0.349 e. The maximum absolute atomic E-state index is 14.0. The Morgan fingerprint density at radius 3 is 2.16 bits per heavy atom. The monoisotopic (exact) mass is 696 g/mol. The summed E-state index contributed by atoms with van der Waals surface area (Å²) >= 11 is 0. The first kappa shape index (κ1) is 38.4. The van der Waals surface area contributed by atoms with Crippen molar-refractivity contribution in [2.45, 2.75) is 123 Å². The normalized spacial score (nSPS) is 21.3. The van der Waals surface area contributed by atoms with Crippen molar-refractivity contribution in [3.05, 3.63) is 24.3 Å². The van der Waals surface area contributed by atoms with Crippen LogP contribution in [0.3, 0.4) is 0 Å². The summed E-state index contributed by atoms with van der Waals surface area (Å²) in [4.78, 5) is 102. The van der Waals surface area contributed by atoms with Gasteiger partial charge in [0.2, 0.25) is 29.4 Å². The highest BCUT2D eigenvalue weighted by molar-refractivity contribution is 6.38. The van der Waals surface area contributed by atoms with Gasteiger partial charge in [-0.05, 0) is 43.4 Å². The smallest absolute Gasteiger partial charge is 0.289 e. The molecule has 0 aromatic carbocycles. The second kappa shape index (κ2) is 17.0. The number of carbonyl (C=O) groups excluding carboxylic acids is 7. The minimum absolute atomic E-state index is 0.00186. The van der Waals surface area contributed by atoms with E-state index in [0.717, 1.165) is 44.9 Å². The molecule has 50 heavy (non-hydrogen) atoms. The van der Waals surface area contributed by atoms with Gasteiger partial charge in [0.15, 0.2) is 0 Å². The molecule has 1 aromatic rings. The molecule has 1 aliphatic heterocycles. The Kier molecular flexibility index (Phi) is 13.0. The van der Waals surface area contributed by atoms with Crippen LogP contribution in [0.5, 0.6) is 0 Å². The van der Waals surface area contributed by atoms with E-state index < -0.39 is 70.8 Å². The molecule has 0 radical (unpaired) electrons. The molecule has 274 valence electrons. The highest BCUT2D eigenvalue weighted by atomic mass is 16.2. The highest BCUT2D eigenvalue weighted by Gasteiger charge is 2.44. The summed E-state index contributed by atoms with van der Waals surface area (Å²) in [5, 5.41) is 14.0. The fraction of sp³-hybridized carbons (Fsp3) is 0.686. The van der Waals surface area contributed by atoms with Gasteiger partial charge < -0.3 is 31.5 Å². The lowest BCUT2D eigenvalue weighted by Crippen LogP contribution is -2.61. The Bertz CT molecular complexity index is 1420. The van der Waals surface area contributed by atoms with E-state index in [9.17, 15) is 33.6 Å².